The van der Waals surface area contributed by atoms with Gasteiger partial charge in [0.25, 0.3) is 11.8 Å². The number of carbonyl (C=O) groups excluding carboxylic acids is 2. The molecular weight excluding hydrogens is 454 g/mol. The normalized spacial score (nSPS) is 15.9. The van der Waals surface area contributed by atoms with Crippen LogP contribution in [-0.2, 0) is 24.2 Å². The smallest absolute Gasteiger partial charge is 0.264 e. The molecule has 3 aromatic carbocycles. The van der Waals surface area contributed by atoms with Crippen molar-refractivity contribution in [2.45, 2.75) is 25.5 Å². The van der Waals surface area contributed by atoms with Crippen LogP contribution in [0.5, 0.6) is 5.75 Å². The highest BCUT2D eigenvalue weighted by atomic mass is 16.5. The number of rotatable bonds is 5. The first-order valence-corrected chi connectivity index (χ1v) is 12.1. The maximum atomic E-state index is 13.8. The number of ether oxygens (including phenoxy) is 1. The van der Waals surface area contributed by atoms with Gasteiger partial charge >= 0.3 is 0 Å². The Bertz CT molecular complexity index is 1540. The Labute approximate surface area is 207 Å². The average Bonchev–Trinajstić information content (AvgIpc) is 3.34. The number of aryl methyl sites for hydroxylation is 2. The summed E-state index contributed by atoms with van der Waals surface area (Å²) in [6.45, 7) is 1.20. The molecule has 4 aromatic rings. The predicted octanol–water partition coefficient (Wildman–Crippen LogP) is 3.32. The Morgan fingerprint density at radius 2 is 1.78 bits per heavy atom. The van der Waals surface area contributed by atoms with Gasteiger partial charge in [-0.15, -0.1) is 0 Å². The Balaban J connectivity index is 1.28. The maximum Gasteiger partial charge on any atom is 0.264 e. The largest absolute Gasteiger partial charge is 0.477 e. The van der Waals surface area contributed by atoms with Crippen molar-refractivity contribution in [3.63, 3.8) is 0 Å². The zero-order valence-electron chi connectivity index (χ0n) is 19.6. The number of carbonyl (C=O) groups is 2. The van der Waals surface area contributed by atoms with Gasteiger partial charge in [0, 0.05) is 24.7 Å². The third kappa shape index (κ3) is 3.82. The first-order valence-electron chi connectivity index (χ1n) is 12.1. The summed E-state index contributed by atoms with van der Waals surface area (Å²) in [5.41, 5.74) is 3.50. The lowest BCUT2D eigenvalue weighted by Gasteiger charge is -2.34. The third-order valence-corrected chi connectivity index (χ3v) is 6.90. The number of amides is 2. The van der Waals surface area contributed by atoms with Crippen molar-refractivity contribution in [1.29, 1.82) is 0 Å². The minimum Gasteiger partial charge on any atom is -0.477 e. The minimum absolute atomic E-state index is 0.0184. The lowest BCUT2D eigenvalue weighted by Crippen LogP contribution is -2.51. The Kier molecular flexibility index (Phi) is 5.52. The number of anilines is 1. The van der Waals surface area contributed by atoms with Gasteiger partial charge in [-0.25, -0.2) is 0 Å². The number of nitrogens with one attached hydrogen (secondary N) is 1. The van der Waals surface area contributed by atoms with Gasteiger partial charge in [-0.05, 0) is 42.2 Å². The van der Waals surface area contributed by atoms with E-state index in [0.29, 0.717) is 29.8 Å². The zero-order valence-corrected chi connectivity index (χ0v) is 19.6. The van der Waals surface area contributed by atoms with Crippen LogP contribution in [0.2, 0.25) is 0 Å². The van der Waals surface area contributed by atoms with E-state index in [1.807, 2.05) is 53.1 Å². The number of fused-ring (bicyclic) bond motifs is 1. The first-order chi connectivity index (χ1) is 17.6. The van der Waals surface area contributed by atoms with Gasteiger partial charge in [0.05, 0.1) is 17.7 Å². The van der Waals surface area contributed by atoms with E-state index < -0.39 is 12.0 Å². The molecule has 2 aliphatic heterocycles. The molecule has 0 spiro atoms. The number of aromatic nitrogens is 1. The first kappa shape index (κ1) is 22.1. The Morgan fingerprint density at radius 3 is 2.64 bits per heavy atom. The maximum absolute atomic E-state index is 13.8. The second kappa shape index (κ2) is 9.00. The zero-order chi connectivity index (χ0) is 24.6. The number of para-hydroxylation sites is 3. The van der Waals surface area contributed by atoms with Crippen molar-refractivity contribution < 1.29 is 14.3 Å². The van der Waals surface area contributed by atoms with Gasteiger partial charge in [0.2, 0.25) is 5.43 Å². The predicted molar refractivity (Wildman–Crippen MR) is 138 cm³/mol. The van der Waals surface area contributed by atoms with E-state index in [4.69, 9.17) is 4.74 Å². The minimum atomic E-state index is -0.885. The molecule has 1 N–H and O–H groups in total. The van der Waals surface area contributed by atoms with Gasteiger partial charge in [-0.2, -0.15) is 0 Å². The topological polar surface area (TPSA) is 80.6 Å². The van der Waals surface area contributed by atoms with Crippen LogP contribution < -0.4 is 20.4 Å². The Hall–Kier alpha value is -4.39. The fourth-order valence-corrected chi connectivity index (χ4v) is 5.11. The van der Waals surface area contributed by atoms with Crippen molar-refractivity contribution in [3.05, 3.63) is 106 Å². The van der Waals surface area contributed by atoms with Crippen LogP contribution in [0.25, 0.3) is 10.9 Å². The fourth-order valence-electron chi connectivity index (χ4n) is 5.11. The van der Waals surface area contributed by atoms with Gasteiger partial charge in [-0.3, -0.25) is 14.4 Å². The van der Waals surface area contributed by atoms with Crippen LogP contribution in [0.15, 0.2) is 83.8 Å². The van der Waals surface area contributed by atoms with Crippen molar-refractivity contribution in [2.75, 3.05) is 18.0 Å². The summed E-state index contributed by atoms with van der Waals surface area (Å²) in [7, 11) is 0. The molecule has 0 aliphatic carbocycles. The molecule has 1 aromatic heterocycles. The summed E-state index contributed by atoms with van der Waals surface area (Å²) >= 11 is 0. The average molecular weight is 480 g/mol. The number of hydrogen-bond donors (Lipinski definition) is 1. The number of benzene rings is 3. The van der Waals surface area contributed by atoms with E-state index in [-0.39, 0.29) is 23.4 Å². The number of pyridine rings is 1. The van der Waals surface area contributed by atoms with Crippen LogP contribution in [-0.4, -0.2) is 35.6 Å². The van der Waals surface area contributed by atoms with E-state index in [1.54, 1.807) is 30.5 Å². The molecule has 2 aliphatic rings. The molecule has 36 heavy (non-hydrogen) atoms. The lowest BCUT2D eigenvalue weighted by molar-refractivity contribution is -0.127. The van der Waals surface area contributed by atoms with Crippen molar-refractivity contribution in [3.8, 4) is 5.75 Å². The summed E-state index contributed by atoms with van der Waals surface area (Å²) in [4.78, 5) is 41.7. The summed E-state index contributed by atoms with van der Waals surface area (Å²) < 4.78 is 7.96. The molecule has 0 bridgehead atoms. The van der Waals surface area contributed by atoms with Crippen molar-refractivity contribution >= 4 is 28.4 Å². The van der Waals surface area contributed by atoms with Gasteiger partial charge in [-0.1, -0.05) is 54.6 Å². The summed E-state index contributed by atoms with van der Waals surface area (Å²) in [6, 6.07) is 22.7. The molecule has 1 atom stereocenters. The molecule has 0 saturated heterocycles. The molecule has 0 saturated carbocycles. The fraction of sp³-hybridized carbons (Fsp3) is 0.207. The van der Waals surface area contributed by atoms with E-state index in [1.165, 1.54) is 4.90 Å². The molecule has 0 radical (unpaired) electrons. The lowest BCUT2D eigenvalue weighted by atomic mass is 10.1. The number of hydrogen-bond acceptors (Lipinski definition) is 4. The van der Waals surface area contributed by atoms with E-state index in [2.05, 4.69) is 5.32 Å². The van der Waals surface area contributed by atoms with Crippen LogP contribution in [0.1, 0.15) is 21.5 Å². The second-order valence-corrected chi connectivity index (χ2v) is 9.15. The monoisotopic (exact) mass is 479 g/mol. The Morgan fingerprint density at radius 1 is 0.972 bits per heavy atom. The highest BCUT2D eigenvalue weighted by Gasteiger charge is 2.35. The summed E-state index contributed by atoms with van der Waals surface area (Å²) in [5.74, 6) is -0.287. The van der Waals surface area contributed by atoms with Crippen LogP contribution in [0.3, 0.4) is 0 Å². The van der Waals surface area contributed by atoms with E-state index >= 15 is 0 Å². The molecule has 2 amide bonds. The summed E-state index contributed by atoms with van der Waals surface area (Å²) in [6.07, 6.45) is 2.30. The third-order valence-electron chi connectivity index (χ3n) is 6.90. The van der Waals surface area contributed by atoms with Crippen LogP contribution in [0, 0.1) is 0 Å². The SMILES string of the molecule is O=C(NCCc1ccccc1)C1CN(C(=O)c2cn3c4c(cccc4c2=O)CC3)c2ccccc2O1. The van der Waals surface area contributed by atoms with Crippen molar-refractivity contribution in [2.24, 2.45) is 0 Å². The molecule has 6 rings (SSSR count). The molecule has 0 fully saturated rings. The van der Waals surface area contributed by atoms with Gasteiger partial charge in [0.15, 0.2) is 6.10 Å². The second-order valence-electron chi connectivity index (χ2n) is 9.15. The molecule has 7 heteroatoms. The van der Waals surface area contributed by atoms with Crippen LogP contribution >= 0.6 is 0 Å². The molecular formula is C29H25N3O4. The van der Waals surface area contributed by atoms with E-state index in [9.17, 15) is 14.4 Å². The van der Waals surface area contributed by atoms with E-state index in [0.717, 1.165) is 29.6 Å². The summed E-state index contributed by atoms with van der Waals surface area (Å²) in [5, 5.41) is 3.47. The van der Waals surface area contributed by atoms with Crippen molar-refractivity contribution in [1.82, 2.24) is 9.88 Å². The van der Waals surface area contributed by atoms with Crippen LogP contribution in [0.4, 0.5) is 5.69 Å². The molecule has 1 unspecified atom stereocenters. The van der Waals surface area contributed by atoms with Gasteiger partial charge in [0.1, 0.15) is 11.3 Å². The number of nitrogens with zero attached hydrogens (tertiary/aromatic N) is 2. The quantitative estimate of drug-likeness (QED) is 0.476. The molecule has 7 nitrogen and oxygen atoms in total. The highest BCUT2D eigenvalue weighted by Crippen LogP contribution is 2.34. The highest BCUT2D eigenvalue weighted by molar-refractivity contribution is 6.09. The molecule has 180 valence electrons. The van der Waals surface area contributed by atoms with Gasteiger partial charge < -0.3 is 19.5 Å². The standard InChI is InChI=1S/C29H25N3O4/c33-27-21-10-6-9-20-14-16-31(26(20)21)17-22(27)29(35)32-18-25(36-24-12-5-4-11-23(24)32)28(34)30-15-13-19-7-2-1-3-8-19/h1-12,17,25H,13-16,18H2,(H,30,34). The molecule has 3 heterocycles.